The average molecular weight is 335 g/mol. The van der Waals surface area contributed by atoms with E-state index in [2.05, 4.69) is 14.7 Å². The van der Waals surface area contributed by atoms with Crippen LogP contribution in [0.3, 0.4) is 0 Å². The van der Waals surface area contributed by atoms with Crippen LogP contribution < -0.4 is 0 Å². The molecule has 0 saturated carbocycles. The molecule has 0 saturated heterocycles. The third-order valence-corrected chi connectivity index (χ3v) is 2.83. The molecule has 0 aromatic carbocycles. The molecule has 13 heteroatoms. The zero-order valence-electron chi connectivity index (χ0n) is 9.54. The molecule has 1 atom stereocenters. The predicted octanol–water partition coefficient (Wildman–Crippen LogP) is 0.702. The van der Waals surface area contributed by atoms with Crippen molar-refractivity contribution in [1.29, 1.82) is 0 Å². The molecule has 7 nitrogen and oxygen atoms in total. The number of carbonyl (C=O) groups is 1. The smallest absolute Gasteiger partial charge is 0.432 e. The van der Waals surface area contributed by atoms with E-state index in [0.29, 0.717) is 6.33 Å². The standard InChI is InChI=1S/C8H5F5N2O5S/c9-7(10,11)6(8(12,13)21(17,18)19)20-5(16)4-1-2-14-3-15-4/h1-3,6H,(H,17,18,19)/p-1. The van der Waals surface area contributed by atoms with Crippen LogP contribution in [0.25, 0.3) is 0 Å². The largest absolute Gasteiger partial charge is 0.743 e. The summed E-state index contributed by atoms with van der Waals surface area (Å²) >= 11 is 0. The molecule has 1 aromatic rings. The maximum Gasteiger partial charge on any atom is 0.432 e. The van der Waals surface area contributed by atoms with Crippen molar-refractivity contribution >= 4 is 16.1 Å². The Kier molecular flexibility index (Phi) is 4.48. The third-order valence-electron chi connectivity index (χ3n) is 1.95. The van der Waals surface area contributed by atoms with E-state index in [1.807, 2.05) is 0 Å². The first-order valence-corrected chi connectivity index (χ1v) is 6.15. The highest BCUT2D eigenvalue weighted by Gasteiger charge is 2.63. The number of hydrogen-bond acceptors (Lipinski definition) is 7. The summed E-state index contributed by atoms with van der Waals surface area (Å²) in [5.41, 5.74) is -0.835. The maximum atomic E-state index is 13.0. The Bertz CT molecular complexity index is 618. The lowest BCUT2D eigenvalue weighted by Crippen LogP contribution is -2.52. The molecule has 0 aliphatic carbocycles. The number of aromatic nitrogens is 2. The molecular formula is C8H4F5N2O5S-. The van der Waals surface area contributed by atoms with Crippen molar-refractivity contribution in [3.63, 3.8) is 0 Å². The molecule has 0 radical (unpaired) electrons. The van der Waals surface area contributed by atoms with Crippen molar-refractivity contribution < 1.29 is 44.5 Å². The van der Waals surface area contributed by atoms with Crippen LogP contribution in [-0.2, 0) is 14.9 Å². The second-order valence-electron chi connectivity index (χ2n) is 3.44. The second kappa shape index (κ2) is 5.48. The Morgan fingerprint density at radius 3 is 2.24 bits per heavy atom. The molecule has 1 unspecified atom stereocenters. The van der Waals surface area contributed by atoms with Gasteiger partial charge in [0.05, 0.1) is 0 Å². The Morgan fingerprint density at radius 1 is 1.29 bits per heavy atom. The molecule has 0 fully saturated rings. The van der Waals surface area contributed by atoms with Gasteiger partial charge in [0, 0.05) is 6.20 Å². The van der Waals surface area contributed by atoms with Crippen molar-refractivity contribution in [3.8, 4) is 0 Å². The Hall–Kier alpha value is -1.89. The molecule has 1 rings (SSSR count). The summed E-state index contributed by atoms with van der Waals surface area (Å²) in [5.74, 6) is -2.00. The molecule has 21 heavy (non-hydrogen) atoms. The second-order valence-corrected chi connectivity index (χ2v) is 4.89. The summed E-state index contributed by atoms with van der Waals surface area (Å²) in [7, 11) is -6.73. The van der Waals surface area contributed by atoms with Gasteiger partial charge in [0.2, 0.25) is 0 Å². The highest BCUT2D eigenvalue weighted by molar-refractivity contribution is 7.86. The molecule has 0 amide bonds. The zero-order chi connectivity index (χ0) is 16.5. The van der Waals surface area contributed by atoms with E-state index >= 15 is 0 Å². The van der Waals surface area contributed by atoms with Crippen LogP contribution in [-0.4, -0.2) is 46.4 Å². The van der Waals surface area contributed by atoms with Gasteiger partial charge in [-0.25, -0.2) is 23.2 Å². The fraction of sp³-hybridized carbons (Fsp3) is 0.375. The fourth-order valence-corrected chi connectivity index (χ4v) is 1.48. The van der Waals surface area contributed by atoms with Crippen molar-refractivity contribution in [2.75, 3.05) is 0 Å². The maximum absolute atomic E-state index is 13.0. The van der Waals surface area contributed by atoms with Gasteiger partial charge in [-0.15, -0.1) is 0 Å². The molecule has 1 heterocycles. The third kappa shape index (κ3) is 3.81. The highest BCUT2D eigenvalue weighted by atomic mass is 32.2. The topological polar surface area (TPSA) is 109 Å². The number of ether oxygens (including phenoxy) is 1. The van der Waals surface area contributed by atoms with Gasteiger partial charge in [-0.2, -0.15) is 22.0 Å². The van der Waals surface area contributed by atoms with E-state index in [9.17, 15) is 39.7 Å². The lowest BCUT2D eigenvalue weighted by molar-refractivity contribution is -0.248. The summed E-state index contributed by atoms with van der Waals surface area (Å²) in [6.07, 6.45) is -8.85. The Balaban J connectivity index is 3.16. The van der Waals surface area contributed by atoms with Crippen LogP contribution >= 0.6 is 0 Å². The zero-order valence-corrected chi connectivity index (χ0v) is 10.4. The van der Waals surface area contributed by atoms with Crippen molar-refractivity contribution in [2.24, 2.45) is 0 Å². The normalized spacial score (nSPS) is 14.6. The molecule has 118 valence electrons. The minimum absolute atomic E-state index is 0.710. The van der Waals surface area contributed by atoms with E-state index < -0.39 is 39.3 Å². The van der Waals surface area contributed by atoms with E-state index in [4.69, 9.17) is 0 Å². The number of rotatable bonds is 4. The number of carbonyl (C=O) groups excluding carboxylic acids is 1. The van der Waals surface area contributed by atoms with Gasteiger partial charge in [-0.1, -0.05) is 0 Å². The van der Waals surface area contributed by atoms with Gasteiger partial charge in [-0.3, -0.25) is 0 Å². The SMILES string of the molecule is O=C(OC(C(F)(F)F)C(F)(F)S(=O)(=O)[O-])c1ccncn1. The van der Waals surface area contributed by atoms with Crippen LogP contribution in [0.15, 0.2) is 18.6 Å². The summed E-state index contributed by atoms with van der Waals surface area (Å²) in [6, 6.07) is 0.736. The van der Waals surface area contributed by atoms with Crippen molar-refractivity contribution in [2.45, 2.75) is 17.5 Å². The predicted molar refractivity (Wildman–Crippen MR) is 51.9 cm³/mol. The van der Waals surface area contributed by atoms with Gasteiger partial charge in [0.15, 0.2) is 15.8 Å². The number of esters is 1. The van der Waals surface area contributed by atoms with E-state index in [-0.39, 0.29) is 0 Å². The minimum atomic E-state index is -6.73. The summed E-state index contributed by atoms with van der Waals surface area (Å²) in [6.45, 7) is 0. The summed E-state index contributed by atoms with van der Waals surface area (Å²) < 4.78 is 97.5. The van der Waals surface area contributed by atoms with E-state index in [0.717, 1.165) is 12.3 Å². The first-order chi connectivity index (χ1) is 9.37. The molecule has 0 bridgehead atoms. The van der Waals surface area contributed by atoms with Crippen molar-refractivity contribution in [1.82, 2.24) is 9.97 Å². The number of alkyl halides is 5. The molecular weight excluding hydrogens is 331 g/mol. The van der Waals surface area contributed by atoms with Gasteiger partial charge in [0.1, 0.15) is 6.33 Å². The highest BCUT2D eigenvalue weighted by Crippen LogP contribution is 2.38. The number of hydrogen-bond donors (Lipinski definition) is 0. The van der Waals surface area contributed by atoms with Crippen LogP contribution in [0.1, 0.15) is 10.5 Å². The first-order valence-electron chi connectivity index (χ1n) is 4.74. The molecule has 0 aliphatic rings. The lowest BCUT2D eigenvalue weighted by atomic mass is 10.3. The van der Waals surface area contributed by atoms with Crippen LogP contribution in [0.2, 0.25) is 0 Å². The van der Waals surface area contributed by atoms with Crippen LogP contribution in [0.5, 0.6) is 0 Å². The average Bonchev–Trinajstić information content (AvgIpc) is 2.33. The van der Waals surface area contributed by atoms with E-state index in [1.165, 1.54) is 0 Å². The number of nitrogens with zero attached hydrogens (tertiary/aromatic N) is 2. The minimum Gasteiger partial charge on any atom is -0.743 e. The molecule has 0 N–H and O–H groups in total. The molecule has 1 aromatic heterocycles. The number of halogens is 5. The van der Waals surface area contributed by atoms with Gasteiger partial charge in [-0.05, 0) is 6.07 Å². The Morgan fingerprint density at radius 2 is 1.86 bits per heavy atom. The molecule has 0 aliphatic heterocycles. The van der Waals surface area contributed by atoms with Gasteiger partial charge in [0.25, 0.3) is 6.10 Å². The first kappa shape index (κ1) is 17.2. The summed E-state index contributed by atoms with van der Waals surface area (Å²) in [5, 5.41) is -5.89. The summed E-state index contributed by atoms with van der Waals surface area (Å²) in [4.78, 5) is 17.7. The van der Waals surface area contributed by atoms with Gasteiger partial charge >= 0.3 is 17.4 Å². The quantitative estimate of drug-likeness (QED) is 0.452. The lowest BCUT2D eigenvalue weighted by Gasteiger charge is -2.29. The van der Waals surface area contributed by atoms with Gasteiger partial charge < -0.3 is 9.29 Å². The van der Waals surface area contributed by atoms with Crippen LogP contribution in [0.4, 0.5) is 22.0 Å². The van der Waals surface area contributed by atoms with Crippen LogP contribution in [0, 0.1) is 0 Å². The molecule has 0 spiro atoms. The monoisotopic (exact) mass is 335 g/mol. The fourth-order valence-electron chi connectivity index (χ4n) is 1.04. The Labute approximate surface area is 113 Å². The van der Waals surface area contributed by atoms with E-state index in [1.54, 1.807) is 0 Å². The van der Waals surface area contributed by atoms with Crippen molar-refractivity contribution in [3.05, 3.63) is 24.3 Å².